The van der Waals surface area contributed by atoms with E-state index in [1.54, 1.807) is 6.08 Å². The normalized spacial score (nSPS) is 12.3. The molecule has 3 nitrogen and oxygen atoms in total. The molecule has 22 heavy (non-hydrogen) atoms. The molecule has 0 spiro atoms. The minimum atomic E-state index is -0.376. The Morgan fingerprint density at radius 1 is 1.23 bits per heavy atom. The summed E-state index contributed by atoms with van der Waals surface area (Å²) in [6, 6.07) is 18.9. The van der Waals surface area contributed by atoms with Crippen molar-refractivity contribution in [2.24, 2.45) is 0 Å². The van der Waals surface area contributed by atoms with Gasteiger partial charge in [0.25, 0.3) is 5.91 Å². The van der Waals surface area contributed by atoms with E-state index in [1.165, 1.54) is 0 Å². The summed E-state index contributed by atoms with van der Waals surface area (Å²) in [5.41, 5.74) is 1.88. The van der Waals surface area contributed by atoms with Gasteiger partial charge in [-0.05, 0) is 36.3 Å². The molecule has 0 aliphatic carbocycles. The number of hydrogen-bond acceptors (Lipinski definition) is 2. The van der Waals surface area contributed by atoms with Gasteiger partial charge in [-0.3, -0.25) is 4.79 Å². The van der Waals surface area contributed by atoms with Crippen molar-refractivity contribution in [1.82, 2.24) is 5.32 Å². The first-order valence-electron chi connectivity index (χ1n) is 6.83. The van der Waals surface area contributed by atoms with Gasteiger partial charge in [0.15, 0.2) is 0 Å². The molecule has 2 aromatic carbocycles. The number of amides is 1. The van der Waals surface area contributed by atoms with Crippen molar-refractivity contribution in [3.05, 3.63) is 75.8 Å². The number of rotatable bonds is 4. The van der Waals surface area contributed by atoms with E-state index in [9.17, 15) is 10.1 Å². The lowest BCUT2D eigenvalue weighted by Gasteiger charge is -2.13. The molecule has 0 saturated heterocycles. The Hall–Kier alpha value is -2.38. The lowest BCUT2D eigenvalue weighted by Crippen LogP contribution is -2.27. The van der Waals surface area contributed by atoms with E-state index >= 15 is 0 Å². The first-order chi connectivity index (χ1) is 10.6. The summed E-state index contributed by atoms with van der Waals surface area (Å²) in [4.78, 5) is 12.2. The van der Waals surface area contributed by atoms with E-state index in [2.05, 4.69) is 21.2 Å². The van der Waals surface area contributed by atoms with Gasteiger partial charge in [0.1, 0.15) is 11.6 Å². The topological polar surface area (TPSA) is 52.9 Å². The van der Waals surface area contributed by atoms with E-state index in [0.717, 1.165) is 15.6 Å². The highest BCUT2D eigenvalue weighted by Crippen LogP contribution is 2.16. The van der Waals surface area contributed by atoms with Gasteiger partial charge in [-0.1, -0.05) is 58.4 Å². The fourth-order valence-corrected chi connectivity index (χ4v) is 2.43. The van der Waals surface area contributed by atoms with Crippen LogP contribution in [0.5, 0.6) is 0 Å². The molecule has 0 aliphatic heterocycles. The van der Waals surface area contributed by atoms with E-state index < -0.39 is 0 Å². The molecular formula is C18H15BrN2O. The molecule has 1 N–H and O–H groups in total. The third kappa shape index (κ3) is 4.31. The lowest BCUT2D eigenvalue weighted by atomic mass is 10.1. The van der Waals surface area contributed by atoms with Crippen LogP contribution in [0.2, 0.25) is 0 Å². The Labute approximate surface area is 138 Å². The molecule has 2 rings (SSSR count). The SMILES string of the molecule is C[C@@H](NC(=O)/C(C#N)=C/c1cccc(Br)c1)c1ccccc1. The zero-order chi connectivity index (χ0) is 15.9. The van der Waals surface area contributed by atoms with Crippen LogP contribution in [0, 0.1) is 11.3 Å². The van der Waals surface area contributed by atoms with Gasteiger partial charge in [0, 0.05) is 4.47 Å². The van der Waals surface area contributed by atoms with Crippen LogP contribution in [0.3, 0.4) is 0 Å². The number of nitrogens with zero attached hydrogens (tertiary/aromatic N) is 1. The van der Waals surface area contributed by atoms with Gasteiger partial charge >= 0.3 is 0 Å². The summed E-state index contributed by atoms with van der Waals surface area (Å²) >= 11 is 3.37. The number of hydrogen-bond donors (Lipinski definition) is 1. The van der Waals surface area contributed by atoms with E-state index in [4.69, 9.17) is 0 Å². The molecule has 0 aliphatic rings. The Morgan fingerprint density at radius 2 is 1.95 bits per heavy atom. The second-order valence-corrected chi connectivity index (χ2v) is 5.75. The van der Waals surface area contributed by atoms with E-state index in [0.29, 0.717) is 0 Å². The van der Waals surface area contributed by atoms with Crippen molar-refractivity contribution in [2.75, 3.05) is 0 Å². The Balaban J connectivity index is 2.14. The van der Waals surface area contributed by atoms with Gasteiger partial charge < -0.3 is 5.32 Å². The highest BCUT2D eigenvalue weighted by atomic mass is 79.9. The summed E-state index contributed by atoms with van der Waals surface area (Å²) in [7, 11) is 0. The van der Waals surface area contributed by atoms with Gasteiger partial charge in [-0.2, -0.15) is 5.26 Å². The largest absolute Gasteiger partial charge is 0.345 e. The summed E-state index contributed by atoms with van der Waals surface area (Å²) in [6.07, 6.45) is 1.58. The molecule has 0 aromatic heterocycles. The van der Waals surface area contributed by atoms with Crippen LogP contribution in [-0.4, -0.2) is 5.91 Å². The average Bonchev–Trinajstić information content (AvgIpc) is 2.53. The molecule has 0 bridgehead atoms. The summed E-state index contributed by atoms with van der Waals surface area (Å²) in [5, 5.41) is 12.1. The van der Waals surface area contributed by atoms with Crippen LogP contribution in [0.4, 0.5) is 0 Å². The standard InChI is InChI=1S/C18H15BrN2O/c1-13(15-7-3-2-4-8-15)21-18(22)16(12-20)10-14-6-5-9-17(19)11-14/h2-11,13H,1H3,(H,21,22)/b16-10+/t13-/m1/s1. The molecule has 0 heterocycles. The Bertz CT molecular complexity index is 732. The van der Waals surface area contributed by atoms with E-state index in [1.807, 2.05) is 67.6 Å². The van der Waals surface area contributed by atoms with Crippen molar-refractivity contribution in [3.8, 4) is 6.07 Å². The molecule has 2 aromatic rings. The van der Waals surface area contributed by atoms with E-state index in [-0.39, 0.29) is 17.5 Å². The van der Waals surface area contributed by atoms with Crippen LogP contribution in [0.1, 0.15) is 24.1 Å². The number of carbonyl (C=O) groups excluding carboxylic acids is 1. The zero-order valence-electron chi connectivity index (χ0n) is 12.1. The van der Waals surface area contributed by atoms with Crippen LogP contribution >= 0.6 is 15.9 Å². The van der Waals surface area contributed by atoms with Crippen LogP contribution in [0.25, 0.3) is 6.08 Å². The molecule has 0 radical (unpaired) electrons. The van der Waals surface area contributed by atoms with Gasteiger partial charge in [0.05, 0.1) is 6.04 Å². The van der Waals surface area contributed by atoms with Gasteiger partial charge in [-0.25, -0.2) is 0 Å². The van der Waals surface area contributed by atoms with Crippen LogP contribution in [0.15, 0.2) is 64.6 Å². The molecule has 110 valence electrons. The van der Waals surface area contributed by atoms with Crippen molar-refractivity contribution >= 4 is 27.9 Å². The number of benzene rings is 2. The molecular weight excluding hydrogens is 340 g/mol. The van der Waals surface area contributed by atoms with Crippen molar-refractivity contribution < 1.29 is 4.79 Å². The maximum atomic E-state index is 12.2. The van der Waals surface area contributed by atoms with Crippen molar-refractivity contribution in [1.29, 1.82) is 5.26 Å². The third-order valence-corrected chi connectivity index (χ3v) is 3.67. The number of nitriles is 1. The van der Waals surface area contributed by atoms with Crippen LogP contribution in [-0.2, 0) is 4.79 Å². The fraction of sp³-hybridized carbons (Fsp3) is 0.111. The number of nitrogens with one attached hydrogen (secondary N) is 1. The Kier molecular flexibility index (Phi) is 5.51. The average molecular weight is 355 g/mol. The van der Waals surface area contributed by atoms with Crippen molar-refractivity contribution in [2.45, 2.75) is 13.0 Å². The van der Waals surface area contributed by atoms with Gasteiger partial charge in [-0.15, -0.1) is 0 Å². The summed E-state index contributed by atoms with van der Waals surface area (Å²) < 4.78 is 0.900. The molecule has 4 heteroatoms. The first kappa shape index (κ1) is 16.0. The zero-order valence-corrected chi connectivity index (χ0v) is 13.7. The van der Waals surface area contributed by atoms with Crippen LogP contribution < -0.4 is 5.32 Å². The highest BCUT2D eigenvalue weighted by molar-refractivity contribution is 9.10. The second-order valence-electron chi connectivity index (χ2n) is 4.83. The summed E-state index contributed by atoms with van der Waals surface area (Å²) in [6.45, 7) is 1.89. The fourth-order valence-electron chi connectivity index (χ4n) is 2.01. The van der Waals surface area contributed by atoms with Gasteiger partial charge in [0.2, 0.25) is 0 Å². The maximum absolute atomic E-state index is 12.2. The monoisotopic (exact) mass is 354 g/mol. The predicted molar refractivity (Wildman–Crippen MR) is 90.7 cm³/mol. The lowest BCUT2D eigenvalue weighted by molar-refractivity contribution is -0.117. The molecule has 1 amide bonds. The molecule has 1 atom stereocenters. The number of halogens is 1. The quantitative estimate of drug-likeness (QED) is 0.659. The number of carbonyl (C=O) groups is 1. The summed E-state index contributed by atoms with van der Waals surface area (Å²) in [5.74, 6) is -0.376. The van der Waals surface area contributed by atoms with Crippen molar-refractivity contribution in [3.63, 3.8) is 0 Å². The second kappa shape index (κ2) is 7.58. The molecule has 0 unspecified atom stereocenters. The first-order valence-corrected chi connectivity index (χ1v) is 7.62. The predicted octanol–water partition coefficient (Wildman–Crippen LogP) is 4.23. The minimum absolute atomic E-state index is 0.0841. The highest BCUT2D eigenvalue weighted by Gasteiger charge is 2.13. The Morgan fingerprint density at radius 3 is 2.59 bits per heavy atom. The molecule has 0 saturated carbocycles. The maximum Gasteiger partial charge on any atom is 0.262 e. The third-order valence-electron chi connectivity index (χ3n) is 3.17. The molecule has 0 fully saturated rings. The smallest absolute Gasteiger partial charge is 0.262 e. The minimum Gasteiger partial charge on any atom is -0.345 e.